The lowest BCUT2D eigenvalue weighted by Gasteiger charge is -2.28. The Morgan fingerprint density at radius 2 is 2.00 bits per heavy atom. The molecule has 2 unspecified atom stereocenters. The molecule has 0 bridgehead atoms. The van der Waals surface area contributed by atoms with Gasteiger partial charge in [0.05, 0.1) is 17.8 Å². The van der Waals surface area contributed by atoms with Crippen LogP contribution >= 0.6 is 0 Å². The molecular weight excluding hydrogens is 293 g/mol. The third-order valence-electron chi connectivity index (χ3n) is 5.26. The van der Waals surface area contributed by atoms with E-state index in [9.17, 15) is 9.50 Å². The van der Waals surface area contributed by atoms with Crippen molar-refractivity contribution >= 4 is 5.70 Å². The maximum absolute atomic E-state index is 14.3. The molecule has 0 radical (unpaired) electrons. The average molecular weight is 319 g/mol. The van der Waals surface area contributed by atoms with Gasteiger partial charge in [0.1, 0.15) is 5.82 Å². The Labute approximate surface area is 136 Å². The van der Waals surface area contributed by atoms with Crippen LogP contribution < -0.4 is 11.6 Å². The van der Waals surface area contributed by atoms with Crippen LogP contribution in [0.3, 0.4) is 0 Å². The topological polar surface area (TPSA) is 75.5 Å². The smallest absolute Gasteiger partial charge is 0.129 e. The number of benzene rings is 1. The van der Waals surface area contributed by atoms with Gasteiger partial charge in [0.15, 0.2) is 0 Å². The predicted octanol–water partition coefficient (Wildman–Crippen LogP) is 3.03. The second-order valence-electron chi connectivity index (χ2n) is 6.81. The van der Waals surface area contributed by atoms with Crippen LogP contribution in [0, 0.1) is 11.7 Å². The van der Waals surface area contributed by atoms with Gasteiger partial charge in [0.25, 0.3) is 0 Å². The van der Waals surface area contributed by atoms with Crippen LogP contribution in [-0.4, -0.2) is 16.2 Å². The normalized spacial score (nSPS) is 24.9. The summed E-state index contributed by atoms with van der Waals surface area (Å²) in [5.41, 5.74) is 7.56. The van der Waals surface area contributed by atoms with Crippen molar-refractivity contribution in [2.24, 2.45) is 17.5 Å². The molecule has 1 aliphatic carbocycles. The van der Waals surface area contributed by atoms with Crippen molar-refractivity contribution in [2.45, 2.75) is 57.1 Å². The lowest BCUT2D eigenvalue weighted by atomic mass is 9.84. The summed E-state index contributed by atoms with van der Waals surface area (Å²) in [5.74, 6) is 6.43. The Hall–Kier alpha value is -1.59. The second kappa shape index (κ2) is 6.89. The molecule has 0 amide bonds. The van der Waals surface area contributed by atoms with E-state index in [0.717, 1.165) is 12.0 Å². The maximum Gasteiger partial charge on any atom is 0.129 e. The van der Waals surface area contributed by atoms with E-state index in [4.69, 9.17) is 11.6 Å². The summed E-state index contributed by atoms with van der Waals surface area (Å²) < 4.78 is 14.3. The second-order valence-corrected chi connectivity index (χ2v) is 6.81. The third-order valence-corrected chi connectivity index (χ3v) is 5.26. The van der Waals surface area contributed by atoms with Gasteiger partial charge < -0.3 is 15.8 Å². The molecule has 1 saturated carbocycles. The number of fused-ring (bicyclic) bond motifs is 1. The molecule has 4 nitrogen and oxygen atoms in total. The fourth-order valence-electron chi connectivity index (χ4n) is 4.11. The van der Waals surface area contributed by atoms with E-state index in [-0.39, 0.29) is 11.9 Å². The predicted molar refractivity (Wildman–Crippen MR) is 89.1 cm³/mol. The zero-order valence-corrected chi connectivity index (χ0v) is 13.4. The van der Waals surface area contributed by atoms with E-state index in [2.05, 4.69) is 0 Å². The molecule has 5 heteroatoms. The lowest BCUT2D eigenvalue weighted by molar-refractivity contribution is 0.0952. The van der Waals surface area contributed by atoms with Crippen molar-refractivity contribution in [3.8, 4) is 0 Å². The van der Waals surface area contributed by atoms with Crippen molar-refractivity contribution in [1.82, 2.24) is 5.01 Å². The first-order valence-electron chi connectivity index (χ1n) is 8.54. The average Bonchev–Trinajstić information content (AvgIpc) is 2.81. The highest BCUT2D eigenvalue weighted by Gasteiger charge is 2.36. The first kappa shape index (κ1) is 16.3. The number of nitrogens with two attached hydrogens (primary N) is 2. The minimum absolute atomic E-state index is 0.287. The summed E-state index contributed by atoms with van der Waals surface area (Å²) in [5, 5.41) is 12.0. The van der Waals surface area contributed by atoms with Gasteiger partial charge in [-0.15, -0.1) is 0 Å². The first-order chi connectivity index (χ1) is 11.1. The Kier molecular flexibility index (Phi) is 4.87. The van der Waals surface area contributed by atoms with Crippen molar-refractivity contribution < 1.29 is 9.50 Å². The molecule has 126 valence electrons. The van der Waals surface area contributed by atoms with Crippen molar-refractivity contribution in [2.75, 3.05) is 0 Å². The molecule has 1 fully saturated rings. The molecule has 1 aromatic carbocycles. The quantitative estimate of drug-likeness (QED) is 0.746. The Bertz CT molecular complexity index is 584. The molecule has 2 atom stereocenters. The van der Waals surface area contributed by atoms with Crippen LogP contribution in [0.15, 0.2) is 24.4 Å². The minimum atomic E-state index is -0.473. The van der Waals surface area contributed by atoms with E-state index < -0.39 is 6.10 Å². The van der Waals surface area contributed by atoms with E-state index in [1.54, 1.807) is 6.07 Å². The largest absolute Gasteiger partial charge is 0.403 e. The molecule has 3 rings (SSSR count). The molecule has 1 aromatic rings. The van der Waals surface area contributed by atoms with Gasteiger partial charge in [0, 0.05) is 17.3 Å². The van der Waals surface area contributed by atoms with Gasteiger partial charge >= 0.3 is 0 Å². The number of hydrogen-bond donors (Lipinski definition) is 3. The van der Waals surface area contributed by atoms with Gasteiger partial charge in [-0.25, -0.2) is 10.2 Å². The summed E-state index contributed by atoms with van der Waals surface area (Å²) in [6, 6.07) is 4.56. The summed E-state index contributed by atoms with van der Waals surface area (Å²) in [6.45, 7) is 0. The van der Waals surface area contributed by atoms with E-state index in [0.29, 0.717) is 23.6 Å². The number of halogens is 1. The Balaban J connectivity index is 1.75. The van der Waals surface area contributed by atoms with Gasteiger partial charge in [-0.2, -0.15) is 0 Å². The molecule has 1 aliphatic heterocycles. The molecule has 2 aliphatic rings. The van der Waals surface area contributed by atoms with E-state index >= 15 is 0 Å². The maximum atomic E-state index is 14.3. The van der Waals surface area contributed by atoms with Crippen LogP contribution in [0.5, 0.6) is 0 Å². The van der Waals surface area contributed by atoms with Crippen LogP contribution in [0.1, 0.15) is 62.1 Å². The number of hydrogen-bond acceptors (Lipinski definition) is 4. The van der Waals surface area contributed by atoms with Gasteiger partial charge in [-0.1, -0.05) is 44.2 Å². The van der Waals surface area contributed by atoms with Crippen LogP contribution in [0.25, 0.3) is 5.70 Å². The lowest BCUT2D eigenvalue weighted by Crippen LogP contribution is -2.32. The monoisotopic (exact) mass is 319 g/mol. The van der Waals surface area contributed by atoms with E-state index in [1.165, 1.54) is 49.4 Å². The molecular formula is C18H26FN3O. The highest BCUT2D eigenvalue weighted by atomic mass is 19.1. The number of nitrogens with zero attached hydrogens (tertiary/aromatic N) is 1. The molecule has 0 saturated heterocycles. The van der Waals surface area contributed by atoms with Crippen molar-refractivity contribution in [3.63, 3.8) is 0 Å². The Morgan fingerprint density at radius 1 is 1.26 bits per heavy atom. The highest BCUT2D eigenvalue weighted by Crippen LogP contribution is 2.43. The number of aliphatic hydroxyl groups is 1. The van der Waals surface area contributed by atoms with E-state index in [1.807, 2.05) is 6.07 Å². The fourth-order valence-corrected chi connectivity index (χ4v) is 4.11. The first-order valence-corrected chi connectivity index (χ1v) is 8.54. The minimum Gasteiger partial charge on any atom is -0.403 e. The summed E-state index contributed by atoms with van der Waals surface area (Å²) in [4.78, 5) is 0. The SMILES string of the molecule is N/C=C1/c2cccc(F)c2C(CC(O)CC2CCCCC2)N1N. The summed E-state index contributed by atoms with van der Waals surface area (Å²) >= 11 is 0. The van der Waals surface area contributed by atoms with Crippen LogP contribution in [0.2, 0.25) is 0 Å². The molecule has 0 aromatic heterocycles. The highest BCUT2D eigenvalue weighted by molar-refractivity contribution is 5.71. The summed E-state index contributed by atoms with van der Waals surface area (Å²) in [7, 11) is 0. The standard InChI is InChI=1S/C18H26FN3O/c19-15-8-4-7-14-17(11-20)22(21)16(18(14)15)10-13(23)9-12-5-2-1-3-6-12/h4,7-8,11-13,16,23H,1-3,5-6,9-10,20-21H2/b17-11-. The molecule has 1 heterocycles. The van der Waals surface area contributed by atoms with Gasteiger partial charge in [0.2, 0.25) is 0 Å². The molecule has 0 spiro atoms. The van der Waals surface area contributed by atoms with Gasteiger partial charge in [-0.05, 0) is 24.8 Å². The summed E-state index contributed by atoms with van der Waals surface area (Å²) in [6.07, 6.45) is 8.32. The van der Waals surface area contributed by atoms with Gasteiger partial charge in [-0.3, -0.25) is 0 Å². The van der Waals surface area contributed by atoms with Crippen LogP contribution in [-0.2, 0) is 0 Å². The van der Waals surface area contributed by atoms with Crippen LogP contribution in [0.4, 0.5) is 4.39 Å². The zero-order chi connectivity index (χ0) is 16.4. The number of rotatable bonds is 4. The molecule has 5 N–H and O–H groups in total. The number of hydrazine groups is 1. The Morgan fingerprint density at radius 3 is 2.70 bits per heavy atom. The number of aliphatic hydroxyl groups excluding tert-OH is 1. The fraction of sp³-hybridized carbons (Fsp3) is 0.556. The third kappa shape index (κ3) is 3.21. The van der Waals surface area contributed by atoms with Crippen molar-refractivity contribution in [1.29, 1.82) is 0 Å². The zero-order valence-electron chi connectivity index (χ0n) is 13.4. The molecule has 23 heavy (non-hydrogen) atoms. The van der Waals surface area contributed by atoms with Crippen molar-refractivity contribution in [3.05, 3.63) is 41.3 Å².